The number of hydrogen-bond donors (Lipinski definition) is 2. The number of carbonyl (C=O) groups is 1. The molecule has 1 aromatic carbocycles. The van der Waals surface area contributed by atoms with Gasteiger partial charge in [-0.25, -0.2) is 13.9 Å². The predicted octanol–water partition coefficient (Wildman–Crippen LogP) is 2.46. The minimum absolute atomic E-state index is 0.166. The number of halogens is 3. The van der Waals surface area contributed by atoms with Gasteiger partial charge in [-0.1, -0.05) is 0 Å². The van der Waals surface area contributed by atoms with E-state index in [0.29, 0.717) is 17.7 Å². The molecule has 0 aliphatic heterocycles. The third kappa shape index (κ3) is 4.78. The predicted molar refractivity (Wildman–Crippen MR) is 83.3 cm³/mol. The Kier molecular flexibility index (Phi) is 5.83. The molecule has 0 unspecified atom stereocenters. The van der Waals surface area contributed by atoms with E-state index in [1.54, 1.807) is 16.8 Å². The van der Waals surface area contributed by atoms with E-state index in [9.17, 15) is 26.4 Å². The van der Waals surface area contributed by atoms with Crippen LogP contribution in [0.1, 0.15) is 11.1 Å². The topological polar surface area (TPSA) is 86.7 Å². The minimum atomic E-state index is -4.59. The van der Waals surface area contributed by atoms with E-state index in [0.717, 1.165) is 16.4 Å². The van der Waals surface area contributed by atoms with E-state index in [2.05, 4.69) is 0 Å². The normalized spacial score (nSPS) is 12.4. The second kappa shape index (κ2) is 7.52. The van der Waals surface area contributed by atoms with Gasteiger partial charge in [0.25, 0.3) is 5.91 Å². The van der Waals surface area contributed by atoms with E-state index in [4.69, 9.17) is 5.21 Å². The third-order valence-corrected chi connectivity index (χ3v) is 5.74. The van der Waals surface area contributed by atoms with Gasteiger partial charge >= 0.3 is 6.18 Å². The number of alkyl halides is 3. The van der Waals surface area contributed by atoms with Crippen molar-refractivity contribution < 1.29 is 31.6 Å². The minimum Gasteiger partial charge on any atom is -0.289 e. The summed E-state index contributed by atoms with van der Waals surface area (Å²) < 4.78 is 63.9. The van der Waals surface area contributed by atoms with E-state index >= 15 is 0 Å². The molecular weight excluding hydrogens is 381 g/mol. The summed E-state index contributed by atoms with van der Waals surface area (Å²) in [6.45, 7) is -0.851. The molecule has 11 heteroatoms. The number of hydroxylamine groups is 1. The number of rotatable bonds is 6. The summed E-state index contributed by atoms with van der Waals surface area (Å²) >= 11 is 1.32. The number of hydrogen-bond acceptors (Lipinski definition) is 5. The van der Waals surface area contributed by atoms with E-state index in [1.807, 2.05) is 0 Å². The molecule has 2 aromatic rings. The van der Waals surface area contributed by atoms with Crippen LogP contribution in [-0.4, -0.2) is 30.4 Å². The summed E-state index contributed by atoms with van der Waals surface area (Å²) in [4.78, 5) is 11.0. The summed E-state index contributed by atoms with van der Waals surface area (Å²) in [6.07, 6.45) is -4.59. The number of nitrogens with one attached hydrogen (secondary N) is 1. The van der Waals surface area contributed by atoms with Gasteiger partial charge in [0.15, 0.2) is 0 Å². The summed E-state index contributed by atoms with van der Waals surface area (Å²) in [5.41, 5.74) is 0.957. The van der Waals surface area contributed by atoms with Gasteiger partial charge in [0.2, 0.25) is 10.0 Å². The van der Waals surface area contributed by atoms with Crippen LogP contribution in [0, 0.1) is 0 Å². The van der Waals surface area contributed by atoms with Crippen LogP contribution >= 0.6 is 11.3 Å². The summed E-state index contributed by atoms with van der Waals surface area (Å²) in [7, 11) is -4.25. The van der Waals surface area contributed by atoms with E-state index < -0.39 is 34.2 Å². The first-order chi connectivity index (χ1) is 11.6. The molecule has 0 saturated carbocycles. The molecule has 0 fully saturated rings. The molecule has 25 heavy (non-hydrogen) atoms. The molecule has 0 saturated heterocycles. The molecule has 0 radical (unpaired) electrons. The largest absolute Gasteiger partial charge is 0.416 e. The Labute approximate surface area is 145 Å². The molecule has 6 nitrogen and oxygen atoms in total. The summed E-state index contributed by atoms with van der Waals surface area (Å²) in [5.74, 6) is -0.967. The number of sulfonamides is 1. The second-order valence-corrected chi connectivity index (χ2v) is 7.68. The SMILES string of the molecule is O=C(CN(Cc1ccsc1)S(=O)(=O)c1ccc(C(F)(F)F)cc1)NO. The van der Waals surface area contributed by atoms with Crippen LogP contribution < -0.4 is 5.48 Å². The Morgan fingerprint density at radius 2 is 1.84 bits per heavy atom. The van der Waals surface area contributed by atoms with Crippen LogP contribution in [0.4, 0.5) is 13.2 Å². The van der Waals surface area contributed by atoms with E-state index in [1.165, 1.54) is 16.8 Å². The smallest absolute Gasteiger partial charge is 0.289 e. The highest BCUT2D eigenvalue weighted by Crippen LogP contribution is 2.30. The number of thiophene rings is 1. The van der Waals surface area contributed by atoms with Crippen molar-refractivity contribution in [2.45, 2.75) is 17.6 Å². The number of carbonyl (C=O) groups excluding carboxylic acids is 1. The maximum Gasteiger partial charge on any atom is 0.416 e. The second-order valence-electron chi connectivity index (χ2n) is 4.96. The molecule has 0 spiro atoms. The van der Waals surface area contributed by atoms with E-state index in [-0.39, 0.29) is 11.4 Å². The Balaban J connectivity index is 2.34. The Bertz CT molecular complexity index is 819. The van der Waals surface area contributed by atoms with Gasteiger partial charge in [0.1, 0.15) is 0 Å². The van der Waals surface area contributed by atoms with Crippen LogP contribution in [0.15, 0.2) is 46.0 Å². The van der Waals surface area contributed by atoms with Gasteiger partial charge in [0.05, 0.1) is 17.0 Å². The van der Waals surface area contributed by atoms with Crippen molar-refractivity contribution in [3.05, 3.63) is 52.2 Å². The molecule has 2 rings (SSSR count). The molecule has 1 amide bonds. The quantitative estimate of drug-likeness (QED) is 0.582. The molecule has 0 atom stereocenters. The lowest BCUT2D eigenvalue weighted by atomic mass is 10.2. The lowest BCUT2D eigenvalue weighted by molar-refractivity contribution is -0.137. The molecule has 0 bridgehead atoms. The highest BCUT2D eigenvalue weighted by molar-refractivity contribution is 7.89. The van der Waals surface area contributed by atoms with Crippen LogP contribution in [0.5, 0.6) is 0 Å². The van der Waals surface area contributed by atoms with Crippen LogP contribution in [-0.2, 0) is 27.5 Å². The van der Waals surface area contributed by atoms with Crippen molar-refractivity contribution in [2.75, 3.05) is 6.54 Å². The molecule has 2 N–H and O–H groups in total. The molecular formula is C14H13F3N2O4S2. The number of amides is 1. The fraction of sp³-hybridized carbons (Fsp3) is 0.214. The van der Waals surface area contributed by atoms with Gasteiger partial charge in [-0.2, -0.15) is 28.8 Å². The zero-order valence-corrected chi connectivity index (χ0v) is 14.2. The first-order valence-electron chi connectivity index (χ1n) is 6.76. The van der Waals surface area contributed by atoms with Gasteiger partial charge < -0.3 is 0 Å². The van der Waals surface area contributed by atoms with Crippen LogP contribution in [0.2, 0.25) is 0 Å². The van der Waals surface area contributed by atoms with Crippen LogP contribution in [0.25, 0.3) is 0 Å². The molecule has 136 valence electrons. The monoisotopic (exact) mass is 394 g/mol. The zero-order chi connectivity index (χ0) is 18.7. The third-order valence-electron chi connectivity index (χ3n) is 3.20. The van der Waals surface area contributed by atoms with Gasteiger partial charge in [0, 0.05) is 6.54 Å². The lowest BCUT2D eigenvalue weighted by Gasteiger charge is -2.21. The Morgan fingerprint density at radius 3 is 2.32 bits per heavy atom. The zero-order valence-electron chi connectivity index (χ0n) is 12.5. The standard InChI is InChI=1S/C14H13F3N2O4S2/c15-14(16,17)11-1-3-12(4-2-11)25(22,23)19(8-13(20)18-21)7-10-5-6-24-9-10/h1-6,9,21H,7-8H2,(H,18,20). The van der Waals surface area contributed by atoms with Crippen molar-refractivity contribution in [3.8, 4) is 0 Å². The first-order valence-corrected chi connectivity index (χ1v) is 9.14. The van der Waals surface area contributed by atoms with Crippen LogP contribution in [0.3, 0.4) is 0 Å². The van der Waals surface area contributed by atoms with Crippen molar-refractivity contribution in [1.82, 2.24) is 9.79 Å². The summed E-state index contributed by atoms with van der Waals surface area (Å²) in [6, 6.07) is 4.62. The van der Waals surface area contributed by atoms with Crippen molar-refractivity contribution in [3.63, 3.8) is 0 Å². The van der Waals surface area contributed by atoms with Crippen molar-refractivity contribution in [1.29, 1.82) is 0 Å². The number of benzene rings is 1. The fourth-order valence-electron chi connectivity index (χ4n) is 1.97. The number of nitrogens with zero attached hydrogens (tertiary/aromatic N) is 1. The highest BCUT2D eigenvalue weighted by atomic mass is 32.2. The molecule has 1 aromatic heterocycles. The van der Waals surface area contributed by atoms with Gasteiger partial charge in [-0.15, -0.1) is 0 Å². The first kappa shape index (κ1) is 19.4. The maximum atomic E-state index is 12.7. The molecule has 0 aliphatic rings. The highest BCUT2D eigenvalue weighted by Gasteiger charge is 2.32. The molecule has 1 heterocycles. The maximum absolute atomic E-state index is 12.7. The fourth-order valence-corrected chi connectivity index (χ4v) is 4.02. The van der Waals surface area contributed by atoms with Gasteiger partial charge in [-0.3, -0.25) is 10.0 Å². The average molecular weight is 394 g/mol. The molecule has 0 aliphatic carbocycles. The lowest BCUT2D eigenvalue weighted by Crippen LogP contribution is -2.39. The van der Waals surface area contributed by atoms with Crippen molar-refractivity contribution in [2.24, 2.45) is 0 Å². The Hall–Kier alpha value is -1.95. The summed E-state index contributed by atoms with van der Waals surface area (Å²) in [5, 5.41) is 12.0. The average Bonchev–Trinajstić information content (AvgIpc) is 3.06. The Morgan fingerprint density at radius 1 is 1.20 bits per heavy atom. The van der Waals surface area contributed by atoms with Crippen molar-refractivity contribution >= 4 is 27.3 Å². The van der Waals surface area contributed by atoms with Gasteiger partial charge in [-0.05, 0) is 46.7 Å².